The summed E-state index contributed by atoms with van der Waals surface area (Å²) in [6, 6.07) is 0. The Morgan fingerprint density at radius 3 is 3.14 bits per heavy atom. The fraction of sp³-hybridized carbons (Fsp3) is 0.625. The first-order chi connectivity index (χ1) is 6.74. The second-order valence-corrected chi connectivity index (χ2v) is 3.40. The van der Waals surface area contributed by atoms with Crippen LogP contribution < -0.4 is 4.74 Å². The van der Waals surface area contributed by atoms with Gasteiger partial charge in [-0.15, -0.1) is 0 Å². The molecule has 1 aliphatic rings. The van der Waals surface area contributed by atoms with Crippen LogP contribution >= 0.6 is 0 Å². The van der Waals surface area contributed by atoms with Crippen molar-refractivity contribution in [1.29, 1.82) is 0 Å². The van der Waals surface area contributed by atoms with Crippen molar-refractivity contribution in [3.8, 4) is 5.88 Å². The Morgan fingerprint density at radius 2 is 2.50 bits per heavy atom. The zero-order valence-corrected chi connectivity index (χ0v) is 7.59. The van der Waals surface area contributed by atoms with Crippen molar-refractivity contribution < 1.29 is 14.6 Å². The van der Waals surface area contributed by atoms with Gasteiger partial charge in [0.15, 0.2) is 6.61 Å². The molecule has 14 heavy (non-hydrogen) atoms. The zero-order valence-electron chi connectivity index (χ0n) is 7.59. The summed E-state index contributed by atoms with van der Waals surface area (Å²) in [4.78, 5) is 10.2. The van der Waals surface area contributed by atoms with Gasteiger partial charge in [-0.25, -0.2) is 9.48 Å². The van der Waals surface area contributed by atoms with Gasteiger partial charge in [-0.05, 0) is 18.8 Å². The highest BCUT2D eigenvalue weighted by Gasteiger charge is 2.22. The average Bonchev–Trinajstić information content (AvgIpc) is 2.81. The molecule has 0 unspecified atom stereocenters. The quantitative estimate of drug-likeness (QED) is 0.727. The summed E-state index contributed by atoms with van der Waals surface area (Å²) in [5.74, 6) is -0.0289. The Morgan fingerprint density at radius 1 is 1.71 bits per heavy atom. The molecule has 6 nitrogen and oxygen atoms in total. The molecule has 0 aromatic carbocycles. The number of aromatic nitrogens is 3. The van der Waals surface area contributed by atoms with Crippen LogP contribution in [0, 0.1) is 5.92 Å². The number of carbonyl (C=O) groups is 1. The molecule has 1 aromatic rings. The number of hydrogen-bond acceptors (Lipinski definition) is 4. The van der Waals surface area contributed by atoms with Crippen molar-refractivity contribution in [3.05, 3.63) is 6.20 Å². The molecule has 1 heterocycles. The third-order valence-corrected chi connectivity index (χ3v) is 2.00. The summed E-state index contributed by atoms with van der Waals surface area (Å²) in [5, 5.41) is 15.9. The highest BCUT2D eigenvalue weighted by atomic mass is 16.5. The van der Waals surface area contributed by atoms with E-state index in [1.54, 1.807) is 10.9 Å². The van der Waals surface area contributed by atoms with Crippen LogP contribution in [0.5, 0.6) is 5.88 Å². The van der Waals surface area contributed by atoms with E-state index in [1.807, 2.05) is 0 Å². The monoisotopic (exact) mass is 197 g/mol. The molecule has 0 aliphatic heterocycles. The van der Waals surface area contributed by atoms with Gasteiger partial charge < -0.3 is 9.84 Å². The molecule has 0 radical (unpaired) electrons. The minimum Gasteiger partial charge on any atom is -0.479 e. The van der Waals surface area contributed by atoms with Crippen LogP contribution in [-0.2, 0) is 11.3 Å². The largest absolute Gasteiger partial charge is 0.479 e. The maximum Gasteiger partial charge on any atom is 0.341 e. The van der Waals surface area contributed by atoms with Crippen molar-refractivity contribution in [2.75, 3.05) is 6.61 Å². The molecule has 0 saturated heterocycles. The molecule has 1 N–H and O–H groups in total. The molecule has 0 atom stereocenters. The molecular formula is C8H11N3O3. The summed E-state index contributed by atoms with van der Waals surface area (Å²) in [6.07, 6.45) is 4.11. The predicted octanol–water partition coefficient (Wildman–Crippen LogP) is 0.151. The van der Waals surface area contributed by atoms with Crippen molar-refractivity contribution in [2.45, 2.75) is 19.4 Å². The summed E-state index contributed by atoms with van der Waals surface area (Å²) in [6.45, 7) is 0.478. The van der Waals surface area contributed by atoms with Crippen LogP contribution in [-0.4, -0.2) is 32.7 Å². The number of hydrogen-bond donors (Lipinski definition) is 1. The third kappa shape index (κ3) is 2.45. The van der Waals surface area contributed by atoms with E-state index in [2.05, 4.69) is 10.3 Å². The van der Waals surface area contributed by atoms with Crippen molar-refractivity contribution in [2.24, 2.45) is 5.92 Å². The summed E-state index contributed by atoms with van der Waals surface area (Å²) < 4.78 is 6.55. The average molecular weight is 197 g/mol. The molecule has 0 amide bonds. The lowest BCUT2D eigenvalue weighted by molar-refractivity contribution is -0.139. The minimum atomic E-state index is -1.01. The van der Waals surface area contributed by atoms with Crippen LogP contribution in [0.4, 0.5) is 0 Å². The van der Waals surface area contributed by atoms with E-state index in [0.29, 0.717) is 5.92 Å². The first-order valence-electron chi connectivity index (χ1n) is 4.49. The van der Waals surface area contributed by atoms with E-state index in [4.69, 9.17) is 9.84 Å². The topological polar surface area (TPSA) is 77.2 Å². The Balaban J connectivity index is 1.85. The second kappa shape index (κ2) is 3.65. The molecule has 1 aliphatic carbocycles. The van der Waals surface area contributed by atoms with Crippen LogP contribution in [0.2, 0.25) is 0 Å². The van der Waals surface area contributed by atoms with Gasteiger partial charge in [0.2, 0.25) is 0 Å². The van der Waals surface area contributed by atoms with E-state index in [0.717, 1.165) is 6.54 Å². The fourth-order valence-electron chi connectivity index (χ4n) is 1.14. The predicted molar refractivity (Wildman–Crippen MR) is 45.9 cm³/mol. The second-order valence-electron chi connectivity index (χ2n) is 3.40. The first kappa shape index (κ1) is 8.98. The van der Waals surface area contributed by atoms with Crippen molar-refractivity contribution in [3.63, 3.8) is 0 Å². The Kier molecular flexibility index (Phi) is 2.34. The van der Waals surface area contributed by atoms with Gasteiger partial charge in [-0.3, -0.25) is 0 Å². The molecule has 76 valence electrons. The first-order valence-corrected chi connectivity index (χ1v) is 4.49. The summed E-state index contributed by atoms with van der Waals surface area (Å²) in [7, 11) is 0. The maximum atomic E-state index is 10.2. The number of nitrogens with zero attached hydrogens (tertiary/aromatic N) is 3. The van der Waals surface area contributed by atoms with E-state index in [1.165, 1.54) is 12.8 Å². The van der Waals surface area contributed by atoms with Gasteiger partial charge in [0.05, 0.1) is 6.20 Å². The SMILES string of the molecule is O=C(O)COc1cn(CC2CC2)nn1. The van der Waals surface area contributed by atoms with Crippen molar-refractivity contribution >= 4 is 5.97 Å². The smallest absolute Gasteiger partial charge is 0.341 e. The highest BCUT2D eigenvalue weighted by Crippen LogP contribution is 2.30. The molecular weight excluding hydrogens is 186 g/mol. The van der Waals surface area contributed by atoms with Gasteiger partial charge in [-0.2, -0.15) is 0 Å². The molecule has 0 spiro atoms. The van der Waals surface area contributed by atoms with Gasteiger partial charge in [-0.1, -0.05) is 10.3 Å². The highest BCUT2D eigenvalue weighted by molar-refractivity contribution is 5.68. The van der Waals surface area contributed by atoms with Gasteiger partial charge in [0.25, 0.3) is 5.88 Å². The molecule has 1 aromatic heterocycles. The van der Waals surface area contributed by atoms with E-state index >= 15 is 0 Å². The Bertz CT molecular complexity index is 332. The zero-order chi connectivity index (χ0) is 9.97. The summed E-state index contributed by atoms with van der Waals surface area (Å²) >= 11 is 0. The number of ether oxygens (including phenoxy) is 1. The normalized spacial score (nSPS) is 15.4. The minimum absolute atomic E-state index is 0.271. The number of aliphatic carboxylic acids is 1. The number of carboxylic acid groups (broad SMARTS) is 1. The molecule has 2 rings (SSSR count). The number of rotatable bonds is 5. The Hall–Kier alpha value is -1.59. The molecule has 1 fully saturated rings. The number of carboxylic acids is 1. The molecule has 0 bridgehead atoms. The van der Waals surface area contributed by atoms with E-state index in [9.17, 15) is 4.79 Å². The molecule has 6 heteroatoms. The van der Waals surface area contributed by atoms with Crippen LogP contribution in [0.15, 0.2) is 6.20 Å². The van der Waals surface area contributed by atoms with Crippen LogP contribution in [0.3, 0.4) is 0 Å². The van der Waals surface area contributed by atoms with Gasteiger partial charge >= 0.3 is 5.97 Å². The van der Waals surface area contributed by atoms with Crippen molar-refractivity contribution in [1.82, 2.24) is 15.0 Å². The fourth-order valence-corrected chi connectivity index (χ4v) is 1.14. The standard InChI is InChI=1S/C8H11N3O3/c12-8(13)5-14-7-4-11(10-9-7)3-6-1-2-6/h4,6H,1-3,5H2,(H,12,13). The van der Waals surface area contributed by atoms with Gasteiger partial charge in [0, 0.05) is 6.54 Å². The Labute approximate surface area is 80.5 Å². The lowest BCUT2D eigenvalue weighted by Crippen LogP contribution is -2.09. The van der Waals surface area contributed by atoms with Crippen LogP contribution in [0.1, 0.15) is 12.8 Å². The third-order valence-electron chi connectivity index (χ3n) is 2.00. The summed E-state index contributed by atoms with van der Waals surface area (Å²) in [5.41, 5.74) is 0. The van der Waals surface area contributed by atoms with Gasteiger partial charge in [0.1, 0.15) is 0 Å². The lowest BCUT2D eigenvalue weighted by Gasteiger charge is -1.96. The van der Waals surface area contributed by atoms with Crippen LogP contribution in [0.25, 0.3) is 0 Å². The maximum absolute atomic E-state index is 10.2. The van der Waals surface area contributed by atoms with E-state index < -0.39 is 5.97 Å². The molecule has 1 saturated carbocycles. The lowest BCUT2D eigenvalue weighted by atomic mass is 10.4. The van der Waals surface area contributed by atoms with E-state index in [-0.39, 0.29) is 12.5 Å².